The maximum Gasteiger partial charge on any atom is 0.258 e. The van der Waals surface area contributed by atoms with Gasteiger partial charge in [-0.25, -0.2) is 0 Å². The monoisotopic (exact) mass is 351 g/mol. The molecule has 2 atom stereocenters. The summed E-state index contributed by atoms with van der Waals surface area (Å²) in [5.74, 6) is 1.57. The summed E-state index contributed by atoms with van der Waals surface area (Å²) in [6.45, 7) is 6.87. The second-order valence-electron chi connectivity index (χ2n) is 7.22. The van der Waals surface area contributed by atoms with Gasteiger partial charge in [-0.15, -0.1) is 0 Å². The van der Waals surface area contributed by atoms with E-state index in [-0.39, 0.29) is 30.6 Å². The molecule has 1 aliphatic carbocycles. The quantitative estimate of drug-likeness (QED) is 0.847. The van der Waals surface area contributed by atoms with E-state index in [4.69, 9.17) is 21.1 Å². The van der Waals surface area contributed by atoms with E-state index in [1.54, 1.807) is 0 Å². The Morgan fingerprint density at radius 1 is 1.38 bits per heavy atom. The average molecular weight is 352 g/mol. The molecule has 1 aliphatic heterocycles. The van der Waals surface area contributed by atoms with E-state index in [1.807, 2.05) is 19.1 Å². The normalized spacial score (nSPS) is 23.5. The third-order valence-corrected chi connectivity index (χ3v) is 5.25. The summed E-state index contributed by atoms with van der Waals surface area (Å²) in [4.78, 5) is 12.3. The van der Waals surface area contributed by atoms with Crippen molar-refractivity contribution in [2.24, 2.45) is 5.92 Å². The number of carbonyl (C=O) groups is 1. The third-order valence-electron chi connectivity index (χ3n) is 4.84. The summed E-state index contributed by atoms with van der Waals surface area (Å²) in [5, 5.41) is 3.81. The highest BCUT2D eigenvalue weighted by Gasteiger charge is 2.41. The van der Waals surface area contributed by atoms with E-state index in [0.29, 0.717) is 5.92 Å². The van der Waals surface area contributed by atoms with Crippen molar-refractivity contribution in [1.82, 2.24) is 5.32 Å². The molecule has 5 heteroatoms. The molecular formula is C19H26ClNO3. The number of hydrogen-bond donors (Lipinski definition) is 1. The van der Waals surface area contributed by atoms with Crippen LogP contribution in [-0.2, 0) is 9.53 Å². The Bertz CT molecular complexity index is 613. The second-order valence-corrected chi connectivity index (χ2v) is 7.63. The molecule has 1 N–H and O–H groups in total. The van der Waals surface area contributed by atoms with Crippen LogP contribution in [0.25, 0.3) is 0 Å². The molecule has 132 valence electrons. The molecule has 0 bridgehead atoms. The Kier molecular flexibility index (Phi) is 5.36. The van der Waals surface area contributed by atoms with Gasteiger partial charge in [-0.2, -0.15) is 0 Å². The zero-order chi connectivity index (χ0) is 17.3. The second kappa shape index (κ2) is 7.32. The molecule has 1 heterocycles. The summed E-state index contributed by atoms with van der Waals surface area (Å²) >= 11 is 6.21. The maximum atomic E-state index is 12.3. The number of amides is 1. The van der Waals surface area contributed by atoms with Crippen LogP contribution in [0.1, 0.15) is 50.2 Å². The zero-order valence-electron chi connectivity index (χ0n) is 14.6. The summed E-state index contributed by atoms with van der Waals surface area (Å²) in [7, 11) is 0. The first-order chi connectivity index (χ1) is 11.5. The van der Waals surface area contributed by atoms with Gasteiger partial charge in [0.15, 0.2) is 6.61 Å². The lowest BCUT2D eigenvalue weighted by Gasteiger charge is -2.20. The molecule has 1 saturated carbocycles. The Hall–Kier alpha value is -1.26. The predicted molar refractivity (Wildman–Crippen MR) is 94.8 cm³/mol. The average Bonchev–Trinajstić information content (AvgIpc) is 3.28. The smallest absolute Gasteiger partial charge is 0.258 e. The van der Waals surface area contributed by atoms with Crippen molar-refractivity contribution in [3.63, 3.8) is 0 Å². The number of carbonyl (C=O) groups excluding carboxylic acids is 1. The lowest BCUT2D eigenvalue weighted by molar-refractivity contribution is -0.124. The molecule has 0 spiro atoms. The van der Waals surface area contributed by atoms with Crippen LogP contribution in [0.15, 0.2) is 12.1 Å². The lowest BCUT2D eigenvalue weighted by Crippen LogP contribution is -2.43. The molecule has 4 nitrogen and oxygen atoms in total. The molecule has 0 aromatic heterocycles. The summed E-state index contributed by atoms with van der Waals surface area (Å²) in [6.07, 6.45) is 3.52. The number of benzene rings is 1. The Balaban J connectivity index is 1.59. The maximum absolute atomic E-state index is 12.3. The van der Waals surface area contributed by atoms with Crippen molar-refractivity contribution >= 4 is 17.5 Å². The Morgan fingerprint density at radius 2 is 2.12 bits per heavy atom. The van der Waals surface area contributed by atoms with Gasteiger partial charge in [0.2, 0.25) is 0 Å². The van der Waals surface area contributed by atoms with Gasteiger partial charge in [-0.05, 0) is 61.3 Å². The van der Waals surface area contributed by atoms with Gasteiger partial charge in [-0.3, -0.25) is 4.79 Å². The number of hydrogen-bond acceptors (Lipinski definition) is 3. The minimum absolute atomic E-state index is 0.0225. The van der Waals surface area contributed by atoms with Gasteiger partial charge < -0.3 is 14.8 Å². The van der Waals surface area contributed by atoms with E-state index in [0.717, 1.165) is 34.9 Å². The standard InChI is InChI=1S/C19H26ClNO3/c1-11(2)14-9-15(20)12(3)8-17(14)24-10-18(22)21-16-6-7-23-19(16)13-4-5-13/h8-9,11,13,16,19H,4-7,10H2,1-3H3,(H,21,22)/t16-,19-/m1/s1. The van der Waals surface area contributed by atoms with Gasteiger partial charge in [-0.1, -0.05) is 25.4 Å². The van der Waals surface area contributed by atoms with E-state index >= 15 is 0 Å². The molecule has 3 rings (SSSR count). The third kappa shape index (κ3) is 4.04. The van der Waals surface area contributed by atoms with Crippen molar-refractivity contribution in [3.05, 3.63) is 28.3 Å². The Morgan fingerprint density at radius 3 is 2.79 bits per heavy atom. The van der Waals surface area contributed by atoms with E-state index in [2.05, 4.69) is 19.2 Å². The first-order valence-corrected chi connectivity index (χ1v) is 9.17. The SMILES string of the molecule is Cc1cc(OCC(=O)N[C@@H]2CCO[C@@H]2C2CC2)c(C(C)C)cc1Cl. The number of nitrogens with one attached hydrogen (secondary N) is 1. The van der Waals surface area contributed by atoms with Crippen LogP contribution in [-0.4, -0.2) is 31.3 Å². The molecule has 1 aromatic rings. The van der Waals surface area contributed by atoms with Gasteiger partial charge >= 0.3 is 0 Å². The molecule has 0 radical (unpaired) electrons. The van der Waals surface area contributed by atoms with E-state index in [9.17, 15) is 4.79 Å². The van der Waals surface area contributed by atoms with Crippen LogP contribution in [0.4, 0.5) is 0 Å². The molecular weight excluding hydrogens is 326 g/mol. The van der Waals surface area contributed by atoms with Crippen LogP contribution < -0.4 is 10.1 Å². The summed E-state index contributed by atoms with van der Waals surface area (Å²) < 4.78 is 11.6. The van der Waals surface area contributed by atoms with Crippen LogP contribution in [0.3, 0.4) is 0 Å². The molecule has 2 fully saturated rings. The van der Waals surface area contributed by atoms with Gasteiger partial charge in [0.05, 0.1) is 12.1 Å². The lowest BCUT2D eigenvalue weighted by atomic mass is 10.0. The van der Waals surface area contributed by atoms with Crippen molar-refractivity contribution in [2.75, 3.05) is 13.2 Å². The Labute approximate surface area is 148 Å². The molecule has 2 aliphatic rings. The molecule has 24 heavy (non-hydrogen) atoms. The fraction of sp³-hybridized carbons (Fsp3) is 0.632. The summed E-state index contributed by atoms with van der Waals surface area (Å²) in [6, 6.07) is 3.98. The van der Waals surface area contributed by atoms with Gasteiger partial charge in [0.25, 0.3) is 5.91 Å². The fourth-order valence-corrected chi connectivity index (χ4v) is 3.47. The van der Waals surface area contributed by atoms with Gasteiger partial charge in [0, 0.05) is 11.6 Å². The number of halogens is 1. The van der Waals surface area contributed by atoms with Gasteiger partial charge in [0.1, 0.15) is 5.75 Å². The van der Waals surface area contributed by atoms with Crippen LogP contribution in [0.2, 0.25) is 5.02 Å². The van der Waals surface area contributed by atoms with Crippen molar-refractivity contribution in [3.8, 4) is 5.75 Å². The minimum Gasteiger partial charge on any atom is -0.483 e. The highest BCUT2D eigenvalue weighted by atomic mass is 35.5. The first-order valence-electron chi connectivity index (χ1n) is 8.79. The topological polar surface area (TPSA) is 47.6 Å². The first kappa shape index (κ1) is 17.6. The number of rotatable bonds is 6. The van der Waals surface area contributed by atoms with Crippen LogP contribution in [0, 0.1) is 12.8 Å². The van der Waals surface area contributed by atoms with Crippen LogP contribution >= 0.6 is 11.6 Å². The molecule has 1 aromatic carbocycles. The van der Waals surface area contributed by atoms with E-state index in [1.165, 1.54) is 12.8 Å². The van der Waals surface area contributed by atoms with Crippen molar-refractivity contribution in [1.29, 1.82) is 0 Å². The molecule has 0 unspecified atom stereocenters. The highest BCUT2D eigenvalue weighted by Crippen LogP contribution is 2.38. The highest BCUT2D eigenvalue weighted by molar-refractivity contribution is 6.31. The van der Waals surface area contributed by atoms with Crippen molar-refractivity contribution < 1.29 is 14.3 Å². The molecule has 1 amide bonds. The predicted octanol–water partition coefficient (Wildman–Crippen LogP) is 3.83. The number of ether oxygens (including phenoxy) is 2. The number of aryl methyl sites for hydroxylation is 1. The zero-order valence-corrected chi connectivity index (χ0v) is 15.4. The largest absolute Gasteiger partial charge is 0.483 e. The fourth-order valence-electron chi connectivity index (χ4n) is 3.29. The van der Waals surface area contributed by atoms with Crippen molar-refractivity contribution in [2.45, 2.75) is 58.1 Å². The van der Waals surface area contributed by atoms with Crippen LogP contribution in [0.5, 0.6) is 5.75 Å². The summed E-state index contributed by atoms with van der Waals surface area (Å²) in [5.41, 5.74) is 1.98. The molecule has 1 saturated heterocycles. The van der Waals surface area contributed by atoms with E-state index < -0.39 is 0 Å². The minimum atomic E-state index is -0.0848.